The third-order valence-electron chi connectivity index (χ3n) is 2.85. The van der Waals surface area contributed by atoms with Crippen LogP contribution in [0.1, 0.15) is 53.4 Å². The van der Waals surface area contributed by atoms with E-state index in [1.165, 1.54) is 0 Å². The second-order valence-electron chi connectivity index (χ2n) is 4.42. The number of ketones is 1. The zero-order valence-electron chi connectivity index (χ0n) is 10.0. The Morgan fingerprint density at radius 2 is 1.86 bits per heavy atom. The molecule has 0 aliphatic heterocycles. The lowest BCUT2D eigenvalue weighted by Crippen LogP contribution is -2.39. The SMILES string of the molecule is CCCCC(CC)C(=O)C(N)C(C)C. The fourth-order valence-corrected chi connectivity index (χ4v) is 1.60. The Bertz CT molecular complexity index is 166. The molecule has 0 aromatic carbocycles. The van der Waals surface area contributed by atoms with Gasteiger partial charge in [-0.15, -0.1) is 0 Å². The van der Waals surface area contributed by atoms with Crippen LogP contribution in [0.5, 0.6) is 0 Å². The van der Waals surface area contributed by atoms with E-state index in [4.69, 9.17) is 5.73 Å². The summed E-state index contributed by atoms with van der Waals surface area (Å²) in [4.78, 5) is 11.9. The summed E-state index contributed by atoms with van der Waals surface area (Å²) in [6.45, 7) is 8.25. The van der Waals surface area contributed by atoms with Gasteiger partial charge in [-0.1, -0.05) is 40.5 Å². The molecule has 0 aromatic heterocycles. The van der Waals surface area contributed by atoms with Crippen molar-refractivity contribution in [1.29, 1.82) is 0 Å². The molecule has 2 atom stereocenters. The summed E-state index contributed by atoms with van der Waals surface area (Å²) in [5.74, 6) is 0.710. The van der Waals surface area contributed by atoms with Gasteiger partial charge in [-0.25, -0.2) is 0 Å². The molecule has 2 heteroatoms. The minimum Gasteiger partial charge on any atom is -0.321 e. The van der Waals surface area contributed by atoms with Gasteiger partial charge in [0.1, 0.15) is 0 Å². The topological polar surface area (TPSA) is 43.1 Å². The van der Waals surface area contributed by atoms with E-state index < -0.39 is 0 Å². The van der Waals surface area contributed by atoms with E-state index in [1.807, 2.05) is 13.8 Å². The average molecular weight is 199 g/mol. The van der Waals surface area contributed by atoms with Crippen molar-refractivity contribution < 1.29 is 4.79 Å². The number of rotatable bonds is 7. The Kier molecular flexibility index (Phi) is 6.81. The molecule has 0 saturated heterocycles. The number of unbranched alkanes of at least 4 members (excludes halogenated alkanes) is 1. The first-order valence-electron chi connectivity index (χ1n) is 5.83. The summed E-state index contributed by atoms with van der Waals surface area (Å²) < 4.78 is 0. The maximum atomic E-state index is 11.9. The maximum absolute atomic E-state index is 11.9. The van der Waals surface area contributed by atoms with Gasteiger partial charge in [0.2, 0.25) is 0 Å². The van der Waals surface area contributed by atoms with Gasteiger partial charge >= 0.3 is 0 Å². The zero-order valence-corrected chi connectivity index (χ0v) is 10.0. The molecule has 2 N–H and O–H groups in total. The van der Waals surface area contributed by atoms with Crippen molar-refractivity contribution in [3.05, 3.63) is 0 Å². The molecule has 0 radical (unpaired) electrons. The van der Waals surface area contributed by atoms with Crippen molar-refractivity contribution in [2.45, 2.75) is 59.4 Å². The number of hydrogen-bond acceptors (Lipinski definition) is 2. The zero-order chi connectivity index (χ0) is 11.1. The van der Waals surface area contributed by atoms with Crippen molar-refractivity contribution in [3.63, 3.8) is 0 Å². The van der Waals surface area contributed by atoms with Gasteiger partial charge < -0.3 is 5.73 Å². The van der Waals surface area contributed by atoms with Crippen LogP contribution in [0.3, 0.4) is 0 Å². The summed E-state index contributed by atoms with van der Waals surface area (Å²) in [5.41, 5.74) is 5.86. The molecule has 0 heterocycles. The molecular weight excluding hydrogens is 174 g/mol. The van der Waals surface area contributed by atoms with Gasteiger partial charge in [0.15, 0.2) is 5.78 Å². The minimum atomic E-state index is -0.267. The van der Waals surface area contributed by atoms with Crippen LogP contribution in [-0.4, -0.2) is 11.8 Å². The van der Waals surface area contributed by atoms with Crippen LogP contribution in [0, 0.1) is 11.8 Å². The van der Waals surface area contributed by atoms with Crippen LogP contribution in [0.15, 0.2) is 0 Å². The van der Waals surface area contributed by atoms with E-state index in [-0.39, 0.29) is 23.7 Å². The second-order valence-corrected chi connectivity index (χ2v) is 4.42. The number of carbonyl (C=O) groups is 1. The van der Waals surface area contributed by atoms with Gasteiger partial charge in [-0.2, -0.15) is 0 Å². The van der Waals surface area contributed by atoms with Gasteiger partial charge in [0.25, 0.3) is 0 Å². The number of hydrogen-bond donors (Lipinski definition) is 1. The lowest BCUT2D eigenvalue weighted by atomic mass is 9.87. The maximum Gasteiger partial charge on any atom is 0.152 e. The molecule has 0 amide bonds. The third-order valence-corrected chi connectivity index (χ3v) is 2.85. The Balaban J connectivity index is 4.16. The summed E-state index contributed by atoms with van der Waals surface area (Å²) in [7, 11) is 0. The Morgan fingerprint density at radius 1 is 1.29 bits per heavy atom. The number of Topliss-reactive ketones (excluding diaryl/α,β-unsaturated/α-hetero) is 1. The molecule has 0 saturated carbocycles. The summed E-state index contributed by atoms with van der Waals surface area (Å²) in [6, 6.07) is -0.267. The number of nitrogens with two attached hydrogens (primary N) is 1. The summed E-state index contributed by atoms with van der Waals surface area (Å²) in [6.07, 6.45) is 4.22. The highest BCUT2D eigenvalue weighted by atomic mass is 16.1. The predicted molar refractivity (Wildman–Crippen MR) is 61.1 cm³/mol. The van der Waals surface area contributed by atoms with Crippen molar-refractivity contribution >= 4 is 5.78 Å². The molecule has 0 rings (SSSR count). The Labute approximate surface area is 88.3 Å². The first kappa shape index (κ1) is 13.6. The van der Waals surface area contributed by atoms with Crippen LogP contribution in [0.2, 0.25) is 0 Å². The first-order chi connectivity index (χ1) is 6.54. The first-order valence-corrected chi connectivity index (χ1v) is 5.83. The van der Waals surface area contributed by atoms with Gasteiger partial charge in [-0.3, -0.25) is 4.79 Å². The highest BCUT2D eigenvalue weighted by molar-refractivity contribution is 5.86. The molecule has 0 aliphatic rings. The molecule has 2 nitrogen and oxygen atoms in total. The van der Waals surface area contributed by atoms with Crippen molar-refractivity contribution in [2.75, 3.05) is 0 Å². The largest absolute Gasteiger partial charge is 0.321 e. The standard InChI is InChI=1S/C12H25NO/c1-5-7-8-10(6-2)12(14)11(13)9(3)4/h9-11H,5-8,13H2,1-4H3. The molecule has 2 unspecified atom stereocenters. The molecule has 0 bridgehead atoms. The Hall–Kier alpha value is -0.370. The molecule has 0 aliphatic carbocycles. The minimum absolute atomic E-state index is 0.187. The van der Waals surface area contributed by atoms with E-state index in [2.05, 4.69) is 13.8 Å². The lowest BCUT2D eigenvalue weighted by Gasteiger charge is -2.20. The van der Waals surface area contributed by atoms with Crippen molar-refractivity contribution in [1.82, 2.24) is 0 Å². The van der Waals surface area contributed by atoms with E-state index in [1.54, 1.807) is 0 Å². The summed E-state index contributed by atoms with van der Waals surface area (Å²) in [5, 5.41) is 0. The van der Waals surface area contributed by atoms with E-state index in [0.29, 0.717) is 0 Å². The number of carbonyl (C=O) groups excluding carboxylic acids is 1. The quantitative estimate of drug-likeness (QED) is 0.685. The summed E-state index contributed by atoms with van der Waals surface area (Å²) >= 11 is 0. The molecule has 0 fully saturated rings. The highest BCUT2D eigenvalue weighted by Crippen LogP contribution is 2.17. The Morgan fingerprint density at radius 3 is 2.21 bits per heavy atom. The highest BCUT2D eigenvalue weighted by Gasteiger charge is 2.24. The molecule has 14 heavy (non-hydrogen) atoms. The van der Waals surface area contributed by atoms with E-state index in [9.17, 15) is 4.79 Å². The van der Waals surface area contributed by atoms with Crippen LogP contribution < -0.4 is 5.73 Å². The van der Waals surface area contributed by atoms with E-state index >= 15 is 0 Å². The normalized spacial score (nSPS) is 15.6. The van der Waals surface area contributed by atoms with Crippen molar-refractivity contribution in [2.24, 2.45) is 17.6 Å². The lowest BCUT2D eigenvalue weighted by molar-refractivity contribution is -0.125. The monoisotopic (exact) mass is 199 g/mol. The fourth-order valence-electron chi connectivity index (χ4n) is 1.60. The van der Waals surface area contributed by atoms with Gasteiger partial charge in [0.05, 0.1) is 6.04 Å². The van der Waals surface area contributed by atoms with Gasteiger partial charge in [-0.05, 0) is 18.8 Å². The third kappa shape index (κ3) is 4.23. The van der Waals surface area contributed by atoms with Crippen LogP contribution >= 0.6 is 0 Å². The molecular formula is C12H25NO. The molecule has 84 valence electrons. The van der Waals surface area contributed by atoms with Crippen LogP contribution in [0.25, 0.3) is 0 Å². The molecule has 0 aromatic rings. The van der Waals surface area contributed by atoms with Gasteiger partial charge in [0, 0.05) is 5.92 Å². The smallest absolute Gasteiger partial charge is 0.152 e. The fraction of sp³-hybridized carbons (Fsp3) is 0.917. The second kappa shape index (κ2) is 6.99. The molecule has 0 spiro atoms. The predicted octanol–water partition coefficient (Wildman–Crippen LogP) is 2.76. The van der Waals surface area contributed by atoms with Crippen molar-refractivity contribution in [3.8, 4) is 0 Å². The average Bonchev–Trinajstić information content (AvgIpc) is 2.17. The van der Waals surface area contributed by atoms with E-state index in [0.717, 1.165) is 25.7 Å². The van der Waals surface area contributed by atoms with Crippen LogP contribution in [0.4, 0.5) is 0 Å². The van der Waals surface area contributed by atoms with Crippen LogP contribution in [-0.2, 0) is 4.79 Å².